The van der Waals surface area contributed by atoms with E-state index in [-0.39, 0.29) is 22.8 Å². The van der Waals surface area contributed by atoms with Crippen LogP contribution >= 0.6 is 11.6 Å². The number of hydrogen-bond acceptors (Lipinski definition) is 5. The number of aliphatic carboxylic acids is 1. The summed E-state index contributed by atoms with van der Waals surface area (Å²) >= 11 is 6.11. The van der Waals surface area contributed by atoms with Crippen LogP contribution in [0, 0.1) is 0 Å². The van der Waals surface area contributed by atoms with Crippen LogP contribution in [-0.4, -0.2) is 37.7 Å². The average molecular weight is 424 g/mol. The van der Waals surface area contributed by atoms with Crippen LogP contribution in [0.25, 0.3) is 10.9 Å². The Bertz CT molecular complexity index is 1150. The Kier molecular flexibility index (Phi) is 5.53. The molecule has 0 aliphatic heterocycles. The van der Waals surface area contributed by atoms with E-state index in [1.54, 1.807) is 24.3 Å². The van der Waals surface area contributed by atoms with Gasteiger partial charge in [-0.05, 0) is 30.2 Å². The van der Waals surface area contributed by atoms with E-state index in [1.165, 1.54) is 32.5 Å². The predicted molar refractivity (Wildman–Crippen MR) is 105 cm³/mol. The molecule has 0 saturated carbocycles. The van der Waals surface area contributed by atoms with Crippen molar-refractivity contribution >= 4 is 38.5 Å². The molecule has 0 saturated heterocycles. The maximum absolute atomic E-state index is 13.3. The van der Waals surface area contributed by atoms with Gasteiger partial charge >= 0.3 is 5.97 Å². The first-order chi connectivity index (χ1) is 13.3. The molecule has 148 valence electrons. The van der Waals surface area contributed by atoms with Crippen LogP contribution < -0.4 is 9.47 Å². The van der Waals surface area contributed by atoms with Crippen LogP contribution in [0.3, 0.4) is 0 Å². The minimum Gasteiger partial charge on any atom is -0.493 e. The molecule has 0 atom stereocenters. The molecule has 9 heteroatoms. The Morgan fingerprint density at radius 3 is 2.39 bits per heavy atom. The fraction of sp³-hybridized carbons (Fsp3) is 0.211. The minimum atomic E-state index is -4.02. The van der Waals surface area contributed by atoms with Crippen LogP contribution in [0.1, 0.15) is 12.0 Å². The summed E-state index contributed by atoms with van der Waals surface area (Å²) in [6.07, 6.45) is 1.44. The van der Waals surface area contributed by atoms with Crippen molar-refractivity contribution in [2.24, 2.45) is 0 Å². The van der Waals surface area contributed by atoms with E-state index in [0.717, 1.165) is 3.97 Å². The number of rotatable bonds is 7. The minimum absolute atomic E-state index is 0.0480. The summed E-state index contributed by atoms with van der Waals surface area (Å²) in [4.78, 5) is 11.0. The lowest BCUT2D eigenvalue weighted by atomic mass is 10.1. The Morgan fingerprint density at radius 2 is 1.79 bits per heavy atom. The Morgan fingerprint density at radius 1 is 1.14 bits per heavy atom. The Balaban J connectivity index is 2.30. The maximum atomic E-state index is 13.3. The molecule has 0 fully saturated rings. The standard InChI is InChI=1S/C19H18ClNO6S/c1-26-16-9-13-12(7-8-19(22)23)11-21(15(13)10-17(16)27-2)28(24,25)18-6-4-3-5-14(18)20/h3-6,9-11H,7-8H2,1-2H3,(H,22,23). The molecular weight excluding hydrogens is 406 g/mol. The highest BCUT2D eigenvalue weighted by atomic mass is 35.5. The smallest absolute Gasteiger partial charge is 0.303 e. The van der Waals surface area contributed by atoms with E-state index in [9.17, 15) is 13.2 Å². The second-order valence-corrected chi connectivity index (χ2v) is 8.19. The van der Waals surface area contributed by atoms with Gasteiger partial charge in [0, 0.05) is 24.1 Å². The maximum Gasteiger partial charge on any atom is 0.303 e. The Hall–Kier alpha value is -2.71. The molecule has 7 nitrogen and oxygen atoms in total. The van der Waals surface area contributed by atoms with Crippen molar-refractivity contribution in [2.45, 2.75) is 17.7 Å². The number of carboxylic acids is 1. The molecule has 2 aromatic carbocycles. The zero-order valence-electron chi connectivity index (χ0n) is 15.2. The lowest BCUT2D eigenvalue weighted by Gasteiger charge is -2.11. The predicted octanol–water partition coefficient (Wildman–Crippen LogP) is 3.57. The van der Waals surface area contributed by atoms with Gasteiger partial charge in [-0.15, -0.1) is 0 Å². The number of carbonyl (C=O) groups is 1. The normalized spacial score (nSPS) is 11.5. The lowest BCUT2D eigenvalue weighted by Crippen LogP contribution is -2.12. The third-order valence-corrected chi connectivity index (χ3v) is 6.51. The van der Waals surface area contributed by atoms with Gasteiger partial charge in [-0.2, -0.15) is 0 Å². The lowest BCUT2D eigenvalue weighted by molar-refractivity contribution is -0.136. The molecule has 3 rings (SSSR count). The molecule has 0 amide bonds. The van der Waals surface area contributed by atoms with Crippen LogP contribution in [0.15, 0.2) is 47.5 Å². The van der Waals surface area contributed by atoms with Gasteiger partial charge in [0.2, 0.25) is 0 Å². The van der Waals surface area contributed by atoms with Gasteiger partial charge in [0.25, 0.3) is 10.0 Å². The molecule has 0 aliphatic carbocycles. The summed E-state index contributed by atoms with van der Waals surface area (Å²) in [5.74, 6) is -0.205. The van der Waals surface area contributed by atoms with Crippen molar-refractivity contribution in [1.29, 1.82) is 0 Å². The van der Waals surface area contributed by atoms with Crippen molar-refractivity contribution in [3.05, 3.63) is 53.2 Å². The molecule has 0 spiro atoms. The zero-order valence-corrected chi connectivity index (χ0v) is 16.7. The molecule has 0 bridgehead atoms. The first-order valence-electron chi connectivity index (χ1n) is 8.27. The number of nitrogens with zero attached hydrogens (tertiary/aromatic N) is 1. The largest absolute Gasteiger partial charge is 0.493 e. The van der Waals surface area contributed by atoms with Crippen molar-refractivity contribution < 1.29 is 27.8 Å². The van der Waals surface area contributed by atoms with Crippen molar-refractivity contribution in [3.63, 3.8) is 0 Å². The van der Waals surface area contributed by atoms with Crippen LogP contribution in [0.2, 0.25) is 5.02 Å². The zero-order chi connectivity index (χ0) is 20.5. The molecular formula is C19H18ClNO6S. The first-order valence-corrected chi connectivity index (χ1v) is 10.1. The molecule has 1 N–H and O–H groups in total. The highest BCUT2D eigenvalue weighted by Gasteiger charge is 2.25. The molecule has 0 aliphatic rings. The number of ether oxygens (including phenoxy) is 2. The van der Waals surface area contributed by atoms with Crippen molar-refractivity contribution in [1.82, 2.24) is 3.97 Å². The molecule has 0 radical (unpaired) electrons. The fourth-order valence-electron chi connectivity index (χ4n) is 2.99. The number of aromatic nitrogens is 1. The van der Waals surface area contributed by atoms with E-state index in [0.29, 0.717) is 28.0 Å². The van der Waals surface area contributed by atoms with E-state index < -0.39 is 16.0 Å². The van der Waals surface area contributed by atoms with Crippen LogP contribution in [0.5, 0.6) is 11.5 Å². The van der Waals surface area contributed by atoms with E-state index >= 15 is 0 Å². The number of carboxylic acid groups (broad SMARTS) is 1. The van der Waals surface area contributed by atoms with Gasteiger partial charge in [0.1, 0.15) is 4.90 Å². The van der Waals surface area contributed by atoms with Gasteiger partial charge < -0.3 is 14.6 Å². The van der Waals surface area contributed by atoms with Crippen LogP contribution in [-0.2, 0) is 21.2 Å². The van der Waals surface area contributed by atoms with E-state index in [2.05, 4.69) is 0 Å². The quantitative estimate of drug-likeness (QED) is 0.624. The SMILES string of the molecule is COc1cc2c(CCC(=O)O)cn(S(=O)(=O)c3ccccc3Cl)c2cc1OC. The summed E-state index contributed by atoms with van der Waals surface area (Å²) in [5, 5.41) is 9.68. The summed E-state index contributed by atoms with van der Waals surface area (Å²) in [7, 11) is -1.10. The van der Waals surface area contributed by atoms with Gasteiger partial charge in [0.15, 0.2) is 11.5 Å². The number of fused-ring (bicyclic) bond motifs is 1. The Labute approximate surface area is 167 Å². The van der Waals surface area contributed by atoms with Crippen LogP contribution in [0.4, 0.5) is 0 Å². The third kappa shape index (κ3) is 3.53. The number of benzene rings is 2. The van der Waals surface area contributed by atoms with E-state index in [1.807, 2.05) is 0 Å². The molecule has 1 aromatic heterocycles. The topological polar surface area (TPSA) is 94.8 Å². The van der Waals surface area contributed by atoms with Gasteiger partial charge in [-0.25, -0.2) is 12.4 Å². The summed E-state index contributed by atoms with van der Waals surface area (Å²) < 4.78 is 38.2. The summed E-state index contributed by atoms with van der Waals surface area (Å²) in [6, 6.07) is 9.33. The van der Waals surface area contributed by atoms with Gasteiger partial charge in [-0.3, -0.25) is 4.79 Å². The second kappa shape index (κ2) is 7.73. The highest BCUT2D eigenvalue weighted by molar-refractivity contribution is 7.90. The molecule has 0 unspecified atom stereocenters. The number of hydrogen-bond donors (Lipinski definition) is 1. The van der Waals surface area contributed by atoms with Crippen molar-refractivity contribution in [3.8, 4) is 11.5 Å². The highest BCUT2D eigenvalue weighted by Crippen LogP contribution is 2.37. The third-order valence-electron chi connectivity index (χ3n) is 4.34. The summed E-state index contributed by atoms with van der Waals surface area (Å²) in [5.41, 5.74) is 0.909. The summed E-state index contributed by atoms with van der Waals surface area (Å²) in [6.45, 7) is 0. The average Bonchev–Trinajstić information content (AvgIpc) is 3.03. The number of aryl methyl sites for hydroxylation is 1. The molecule has 1 heterocycles. The second-order valence-electron chi connectivity index (χ2n) is 6.00. The first kappa shape index (κ1) is 20.0. The van der Waals surface area contributed by atoms with Crippen molar-refractivity contribution in [2.75, 3.05) is 14.2 Å². The number of halogens is 1. The van der Waals surface area contributed by atoms with Gasteiger partial charge in [0.05, 0.1) is 24.8 Å². The van der Waals surface area contributed by atoms with Gasteiger partial charge in [-0.1, -0.05) is 23.7 Å². The fourth-order valence-corrected chi connectivity index (χ4v) is 4.87. The molecule has 28 heavy (non-hydrogen) atoms. The molecule has 3 aromatic rings. The number of methoxy groups -OCH3 is 2. The monoisotopic (exact) mass is 423 g/mol. The van der Waals surface area contributed by atoms with E-state index in [4.69, 9.17) is 26.2 Å².